The second kappa shape index (κ2) is 18.9. The van der Waals surface area contributed by atoms with E-state index in [1.54, 1.807) is 11.8 Å². The van der Waals surface area contributed by atoms with Crippen LogP contribution in [-0.4, -0.2) is 52.3 Å². The van der Waals surface area contributed by atoms with Crippen LogP contribution < -0.4 is 5.32 Å². The van der Waals surface area contributed by atoms with E-state index >= 15 is 0 Å². The van der Waals surface area contributed by atoms with Crippen LogP contribution in [0.15, 0.2) is 34.9 Å². The van der Waals surface area contributed by atoms with Gasteiger partial charge in [0.15, 0.2) is 5.78 Å². The summed E-state index contributed by atoms with van der Waals surface area (Å²) in [5.41, 5.74) is 4.07. The lowest BCUT2D eigenvalue weighted by molar-refractivity contribution is -0.143. The fourth-order valence-corrected chi connectivity index (χ4v) is 4.70. The summed E-state index contributed by atoms with van der Waals surface area (Å²) in [7, 11) is 0. The lowest BCUT2D eigenvalue weighted by atomic mass is 9.98. The summed E-state index contributed by atoms with van der Waals surface area (Å²) < 4.78 is 0. The molecular formula is C26H43NO4S2. The smallest absolute Gasteiger partial charge is 0.307 e. The van der Waals surface area contributed by atoms with Crippen molar-refractivity contribution < 1.29 is 19.5 Å². The quantitative estimate of drug-likeness (QED) is 0.177. The summed E-state index contributed by atoms with van der Waals surface area (Å²) >= 11 is 3.13. The first-order chi connectivity index (χ1) is 15.6. The highest BCUT2D eigenvalue weighted by Gasteiger charge is 2.26. The maximum absolute atomic E-state index is 12.6. The Balaban J connectivity index is 4.51. The maximum Gasteiger partial charge on any atom is 0.307 e. The van der Waals surface area contributed by atoms with E-state index in [4.69, 9.17) is 0 Å². The van der Waals surface area contributed by atoms with E-state index < -0.39 is 17.9 Å². The summed E-state index contributed by atoms with van der Waals surface area (Å²) in [4.78, 5) is 35.6. The topological polar surface area (TPSA) is 83.5 Å². The SMILES string of the molecule is CSCCC(NC(C)=O)C(=O)CC(CSC/C=C(\C)CC/C=C(\C)CCC=C(C)C)C(=O)O. The number of ketones is 1. The Hall–Kier alpha value is -1.47. The number of allylic oxidation sites excluding steroid dienone is 5. The van der Waals surface area contributed by atoms with Gasteiger partial charge < -0.3 is 10.4 Å². The fraction of sp³-hybridized carbons (Fsp3) is 0.654. The summed E-state index contributed by atoms with van der Waals surface area (Å²) in [5, 5.41) is 12.2. The Bertz CT molecular complexity index is 709. The zero-order valence-corrected chi connectivity index (χ0v) is 22.9. The molecule has 2 unspecified atom stereocenters. The van der Waals surface area contributed by atoms with E-state index in [1.165, 1.54) is 35.4 Å². The third-order valence-corrected chi connectivity index (χ3v) is 6.85. The molecule has 33 heavy (non-hydrogen) atoms. The van der Waals surface area contributed by atoms with Gasteiger partial charge >= 0.3 is 5.97 Å². The first-order valence-corrected chi connectivity index (χ1v) is 14.2. The molecular weight excluding hydrogens is 454 g/mol. The number of carbonyl (C=O) groups is 3. The van der Waals surface area contributed by atoms with Crippen LogP contribution >= 0.6 is 23.5 Å². The van der Waals surface area contributed by atoms with E-state index in [2.05, 4.69) is 51.2 Å². The average molecular weight is 498 g/mol. The van der Waals surface area contributed by atoms with Gasteiger partial charge in [0, 0.05) is 24.9 Å². The molecule has 0 spiro atoms. The molecule has 188 valence electrons. The molecule has 0 bridgehead atoms. The van der Waals surface area contributed by atoms with E-state index in [-0.39, 0.29) is 18.1 Å². The first-order valence-electron chi connectivity index (χ1n) is 11.6. The minimum Gasteiger partial charge on any atom is -0.481 e. The highest BCUT2D eigenvalue weighted by atomic mass is 32.2. The second-order valence-electron chi connectivity index (χ2n) is 8.74. The Labute approximate surface area is 209 Å². The zero-order valence-electron chi connectivity index (χ0n) is 21.2. The Kier molecular flexibility index (Phi) is 18.1. The summed E-state index contributed by atoms with van der Waals surface area (Å²) in [5.74, 6) is -0.333. The predicted octanol–water partition coefficient (Wildman–Crippen LogP) is 6.06. The fourth-order valence-electron chi connectivity index (χ4n) is 3.15. The molecule has 0 heterocycles. The van der Waals surface area contributed by atoms with Crippen LogP contribution in [0.5, 0.6) is 0 Å². The number of carboxylic acid groups (broad SMARTS) is 1. The Morgan fingerprint density at radius 2 is 1.55 bits per heavy atom. The van der Waals surface area contributed by atoms with Crippen molar-refractivity contribution in [3.8, 4) is 0 Å². The normalized spacial score (nSPS) is 13.9. The molecule has 0 radical (unpaired) electrons. The van der Waals surface area contributed by atoms with Crippen molar-refractivity contribution in [2.24, 2.45) is 5.92 Å². The van der Waals surface area contributed by atoms with Crippen LogP contribution in [0.2, 0.25) is 0 Å². The first kappa shape index (κ1) is 31.5. The van der Waals surface area contributed by atoms with Crippen molar-refractivity contribution in [3.63, 3.8) is 0 Å². The number of Topliss-reactive ketones (excluding diaryl/α,β-unsaturated/α-hetero) is 1. The molecule has 2 N–H and O–H groups in total. The van der Waals surface area contributed by atoms with Gasteiger partial charge in [-0.2, -0.15) is 23.5 Å². The second-order valence-corrected chi connectivity index (χ2v) is 10.8. The van der Waals surface area contributed by atoms with E-state index in [1.807, 2.05) is 6.26 Å². The molecule has 5 nitrogen and oxygen atoms in total. The standard InChI is InChI=1S/C26H43NO4S2/c1-19(2)9-7-10-20(3)11-8-12-21(4)13-16-33-18-23(26(30)31)17-25(29)24(14-15-32-6)27-22(5)28/h9,11,13,23-24H,7-8,10,12,14-18H2,1-6H3,(H,27,28)(H,30,31)/b20-11+,21-13+. The number of carbonyl (C=O) groups excluding carboxylic acids is 2. The Morgan fingerprint density at radius 1 is 0.939 bits per heavy atom. The number of rotatable bonds is 18. The third kappa shape index (κ3) is 17.6. The number of hydrogen-bond donors (Lipinski definition) is 2. The molecule has 0 saturated carbocycles. The highest BCUT2D eigenvalue weighted by Crippen LogP contribution is 2.18. The van der Waals surface area contributed by atoms with Crippen LogP contribution in [0.25, 0.3) is 0 Å². The molecule has 7 heteroatoms. The molecule has 0 rings (SSSR count). The van der Waals surface area contributed by atoms with Gasteiger partial charge in [-0.1, -0.05) is 34.9 Å². The minimum atomic E-state index is -0.961. The van der Waals surface area contributed by atoms with Gasteiger partial charge in [-0.05, 0) is 71.8 Å². The van der Waals surface area contributed by atoms with Gasteiger partial charge in [-0.25, -0.2) is 0 Å². The van der Waals surface area contributed by atoms with Gasteiger partial charge in [-0.3, -0.25) is 14.4 Å². The van der Waals surface area contributed by atoms with Crippen LogP contribution in [0, 0.1) is 5.92 Å². The summed E-state index contributed by atoms with van der Waals surface area (Å²) in [6.45, 7) is 9.90. The molecule has 0 aliphatic rings. The molecule has 0 aromatic carbocycles. The highest BCUT2D eigenvalue weighted by molar-refractivity contribution is 7.99. The largest absolute Gasteiger partial charge is 0.481 e. The zero-order chi connectivity index (χ0) is 25.2. The van der Waals surface area contributed by atoms with Crippen molar-refractivity contribution in [2.45, 2.75) is 79.2 Å². The van der Waals surface area contributed by atoms with Crippen LogP contribution in [0.3, 0.4) is 0 Å². The van der Waals surface area contributed by atoms with Crippen molar-refractivity contribution in [1.29, 1.82) is 0 Å². The molecule has 1 amide bonds. The van der Waals surface area contributed by atoms with E-state index in [9.17, 15) is 19.5 Å². The van der Waals surface area contributed by atoms with Crippen molar-refractivity contribution in [2.75, 3.05) is 23.5 Å². The van der Waals surface area contributed by atoms with E-state index in [0.29, 0.717) is 12.2 Å². The molecule has 0 aliphatic heterocycles. The number of aliphatic carboxylic acids is 1. The van der Waals surface area contributed by atoms with Crippen molar-refractivity contribution in [1.82, 2.24) is 5.32 Å². The predicted molar refractivity (Wildman–Crippen MR) is 144 cm³/mol. The van der Waals surface area contributed by atoms with Gasteiger partial charge in [-0.15, -0.1) is 0 Å². The van der Waals surface area contributed by atoms with Gasteiger partial charge in [0.2, 0.25) is 5.91 Å². The van der Waals surface area contributed by atoms with Crippen molar-refractivity contribution >= 4 is 41.2 Å². The molecule has 0 fully saturated rings. The number of carboxylic acids is 1. The summed E-state index contributed by atoms with van der Waals surface area (Å²) in [6.07, 6.45) is 13.3. The molecule has 0 aromatic heterocycles. The maximum atomic E-state index is 12.6. The van der Waals surface area contributed by atoms with Crippen LogP contribution in [0.4, 0.5) is 0 Å². The monoisotopic (exact) mass is 497 g/mol. The number of hydrogen-bond acceptors (Lipinski definition) is 5. The van der Waals surface area contributed by atoms with Gasteiger partial charge in [0.25, 0.3) is 0 Å². The van der Waals surface area contributed by atoms with Crippen LogP contribution in [0.1, 0.15) is 73.1 Å². The molecule has 0 aliphatic carbocycles. The number of thioether (sulfide) groups is 2. The van der Waals surface area contributed by atoms with Crippen molar-refractivity contribution in [3.05, 3.63) is 34.9 Å². The Morgan fingerprint density at radius 3 is 2.09 bits per heavy atom. The number of amides is 1. The number of nitrogens with one attached hydrogen (secondary N) is 1. The summed E-state index contributed by atoms with van der Waals surface area (Å²) in [6, 6.07) is -0.609. The lowest BCUT2D eigenvalue weighted by Gasteiger charge is -2.18. The lowest BCUT2D eigenvalue weighted by Crippen LogP contribution is -2.41. The molecule has 0 aromatic rings. The van der Waals surface area contributed by atoms with E-state index in [0.717, 1.165) is 37.2 Å². The average Bonchev–Trinajstić information content (AvgIpc) is 2.72. The molecule has 0 saturated heterocycles. The van der Waals surface area contributed by atoms with Gasteiger partial charge in [0.05, 0.1) is 12.0 Å². The molecule has 2 atom stereocenters. The third-order valence-electron chi connectivity index (χ3n) is 5.17. The van der Waals surface area contributed by atoms with Crippen LogP contribution in [-0.2, 0) is 14.4 Å². The van der Waals surface area contributed by atoms with Gasteiger partial charge in [0.1, 0.15) is 0 Å². The minimum absolute atomic E-state index is 0.0544.